The highest BCUT2D eigenvalue weighted by molar-refractivity contribution is 6.74. The Kier molecular flexibility index (Phi) is 6.13. The van der Waals surface area contributed by atoms with E-state index >= 15 is 0 Å². The molecule has 0 fully saturated rings. The van der Waals surface area contributed by atoms with Crippen molar-refractivity contribution in [3.05, 3.63) is 12.2 Å². The van der Waals surface area contributed by atoms with Crippen molar-refractivity contribution in [1.29, 1.82) is 0 Å². The summed E-state index contributed by atoms with van der Waals surface area (Å²) in [6, 6.07) is 0. The van der Waals surface area contributed by atoms with Crippen LogP contribution in [0.2, 0.25) is 18.1 Å². The third-order valence-electron chi connectivity index (χ3n) is 3.08. The van der Waals surface area contributed by atoms with Gasteiger partial charge in [0.05, 0.1) is 12.7 Å². The topological polar surface area (TPSA) is 35.5 Å². The quantitative estimate of drug-likeness (QED) is 0.430. The lowest BCUT2D eigenvalue weighted by Crippen LogP contribution is -2.42. The Bertz CT molecular complexity index is 277. The van der Waals surface area contributed by atoms with Gasteiger partial charge in [-0.25, -0.2) is 4.79 Å². The second-order valence-corrected chi connectivity index (χ2v) is 10.5. The van der Waals surface area contributed by atoms with Crippen molar-refractivity contribution in [2.75, 3.05) is 6.61 Å². The fraction of sp³-hybridized carbons (Fsp3) is 0.769. The van der Waals surface area contributed by atoms with Crippen molar-refractivity contribution in [3.63, 3.8) is 0 Å². The zero-order chi connectivity index (χ0) is 13.7. The highest BCUT2D eigenvalue weighted by Crippen LogP contribution is 2.37. The monoisotopic (exact) mass is 258 g/mol. The zero-order valence-corrected chi connectivity index (χ0v) is 13.2. The molecule has 0 amide bonds. The van der Waals surface area contributed by atoms with Gasteiger partial charge in [0.25, 0.3) is 0 Å². The lowest BCUT2D eigenvalue weighted by molar-refractivity contribution is -0.137. The lowest BCUT2D eigenvalue weighted by atomic mass is 10.2. The van der Waals surface area contributed by atoms with Gasteiger partial charge in [0, 0.05) is 6.08 Å². The molecule has 0 radical (unpaired) electrons. The molecular weight excluding hydrogens is 232 g/mol. The zero-order valence-electron chi connectivity index (χ0n) is 12.2. The van der Waals surface area contributed by atoms with Crippen LogP contribution in [0.5, 0.6) is 0 Å². The first kappa shape index (κ1) is 16.4. The molecule has 4 heteroatoms. The Labute approximate surface area is 106 Å². The minimum atomic E-state index is -1.76. The predicted molar refractivity (Wildman–Crippen MR) is 73.5 cm³/mol. The van der Waals surface area contributed by atoms with E-state index in [0.29, 0.717) is 6.61 Å². The van der Waals surface area contributed by atoms with Gasteiger partial charge in [0.15, 0.2) is 8.32 Å². The Morgan fingerprint density at radius 3 is 2.29 bits per heavy atom. The van der Waals surface area contributed by atoms with Crippen molar-refractivity contribution in [1.82, 2.24) is 0 Å². The molecule has 0 spiro atoms. The maximum atomic E-state index is 11.2. The Morgan fingerprint density at radius 2 is 1.88 bits per heavy atom. The maximum absolute atomic E-state index is 11.2. The second-order valence-electron chi connectivity index (χ2n) is 5.69. The van der Waals surface area contributed by atoms with E-state index in [9.17, 15) is 4.79 Å². The molecule has 0 aromatic carbocycles. The predicted octanol–water partition coefficient (Wildman–Crippen LogP) is 3.52. The van der Waals surface area contributed by atoms with Crippen LogP contribution < -0.4 is 0 Å². The van der Waals surface area contributed by atoms with Crippen molar-refractivity contribution >= 4 is 14.3 Å². The van der Waals surface area contributed by atoms with E-state index in [2.05, 4.69) is 33.9 Å². The molecule has 1 atom stereocenters. The number of hydrogen-bond donors (Lipinski definition) is 0. The molecule has 0 saturated carbocycles. The summed E-state index contributed by atoms with van der Waals surface area (Å²) < 4.78 is 10.9. The number of carbonyl (C=O) groups is 1. The first-order chi connectivity index (χ1) is 7.60. The summed E-state index contributed by atoms with van der Waals surface area (Å²) in [5, 5.41) is 0.180. The van der Waals surface area contributed by atoms with Crippen LogP contribution in [0.15, 0.2) is 12.2 Å². The van der Waals surface area contributed by atoms with E-state index in [1.54, 1.807) is 13.0 Å². The average Bonchev–Trinajstić information content (AvgIpc) is 2.12. The molecule has 3 nitrogen and oxygen atoms in total. The minimum absolute atomic E-state index is 0.0553. The van der Waals surface area contributed by atoms with Gasteiger partial charge in [-0.15, -0.1) is 0 Å². The van der Waals surface area contributed by atoms with E-state index in [1.807, 2.05) is 6.92 Å². The van der Waals surface area contributed by atoms with Crippen molar-refractivity contribution in [2.45, 2.75) is 58.9 Å². The average molecular weight is 258 g/mol. The minimum Gasteiger partial charge on any atom is -0.463 e. The third kappa shape index (κ3) is 6.03. The summed E-state index contributed by atoms with van der Waals surface area (Å²) in [6.45, 7) is 15.1. The van der Waals surface area contributed by atoms with Gasteiger partial charge in [0.2, 0.25) is 0 Å². The van der Waals surface area contributed by atoms with Gasteiger partial charge in [-0.2, -0.15) is 0 Å². The summed E-state index contributed by atoms with van der Waals surface area (Å²) >= 11 is 0. The van der Waals surface area contributed by atoms with Crippen LogP contribution in [0.3, 0.4) is 0 Å². The van der Waals surface area contributed by atoms with Crippen molar-refractivity contribution < 1.29 is 14.0 Å². The van der Waals surface area contributed by atoms with Gasteiger partial charge in [-0.1, -0.05) is 26.8 Å². The molecule has 0 aliphatic rings. The van der Waals surface area contributed by atoms with Gasteiger partial charge < -0.3 is 9.16 Å². The van der Waals surface area contributed by atoms with E-state index < -0.39 is 8.32 Å². The van der Waals surface area contributed by atoms with Gasteiger partial charge in [-0.3, -0.25) is 0 Å². The van der Waals surface area contributed by atoms with Gasteiger partial charge >= 0.3 is 5.97 Å². The maximum Gasteiger partial charge on any atom is 0.330 e. The molecule has 0 bridgehead atoms. The molecule has 0 rings (SSSR count). The summed E-state index contributed by atoms with van der Waals surface area (Å²) in [7, 11) is -1.76. The number of rotatable bonds is 5. The molecule has 0 unspecified atom stereocenters. The fourth-order valence-corrected chi connectivity index (χ4v) is 2.45. The summed E-state index contributed by atoms with van der Waals surface area (Å²) in [5.74, 6) is -0.307. The van der Waals surface area contributed by atoms with Crippen LogP contribution in [0, 0.1) is 0 Å². The van der Waals surface area contributed by atoms with Gasteiger partial charge in [-0.05, 0) is 32.0 Å². The van der Waals surface area contributed by atoms with E-state index in [1.165, 1.54) is 6.08 Å². The van der Waals surface area contributed by atoms with E-state index in [4.69, 9.17) is 9.16 Å². The largest absolute Gasteiger partial charge is 0.463 e. The first-order valence-corrected chi connectivity index (χ1v) is 9.03. The van der Waals surface area contributed by atoms with Crippen LogP contribution in [-0.4, -0.2) is 27.0 Å². The molecule has 0 aliphatic heterocycles. The SMILES string of the molecule is CCOC(=O)/C=C/[C@@H](C)O[Si](C)(C)C(C)(C)C. The Morgan fingerprint density at radius 1 is 1.35 bits per heavy atom. The molecule has 0 saturated heterocycles. The van der Waals surface area contributed by atoms with Crippen molar-refractivity contribution in [2.24, 2.45) is 0 Å². The van der Waals surface area contributed by atoms with Crippen molar-refractivity contribution in [3.8, 4) is 0 Å². The van der Waals surface area contributed by atoms with E-state index in [0.717, 1.165) is 0 Å². The summed E-state index contributed by atoms with van der Waals surface area (Å²) in [5.41, 5.74) is 0. The molecule has 100 valence electrons. The van der Waals surface area contributed by atoms with Crippen LogP contribution in [-0.2, 0) is 14.0 Å². The summed E-state index contributed by atoms with van der Waals surface area (Å²) in [4.78, 5) is 11.2. The molecule has 0 aromatic heterocycles. The smallest absolute Gasteiger partial charge is 0.330 e. The molecule has 0 aliphatic carbocycles. The second kappa shape index (κ2) is 6.35. The Balaban J connectivity index is 4.37. The van der Waals surface area contributed by atoms with Crippen LogP contribution in [0.4, 0.5) is 0 Å². The number of hydrogen-bond acceptors (Lipinski definition) is 3. The third-order valence-corrected chi connectivity index (χ3v) is 7.65. The number of carbonyl (C=O) groups excluding carboxylic acids is 1. The lowest BCUT2D eigenvalue weighted by Gasteiger charge is -2.37. The van der Waals surface area contributed by atoms with Gasteiger partial charge in [0.1, 0.15) is 0 Å². The Hall–Kier alpha value is -0.613. The normalized spacial score (nSPS) is 15.0. The molecular formula is C13H26O3Si. The first-order valence-electron chi connectivity index (χ1n) is 6.13. The molecule has 17 heavy (non-hydrogen) atoms. The highest BCUT2D eigenvalue weighted by atomic mass is 28.4. The molecule has 0 heterocycles. The standard InChI is InChI=1S/C13H26O3Si/c1-8-15-12(14)10-9-11(2)16-17(6,7)13(3,4)5/h9-11H,8H2,1-7H3/b10-9+/t11-/m1/s1. The molecule has 0 aromatic rings. The van der Waals surface area contributed by atoms with Crippen LogP contribution in [0.25, 0.3) is 0 Å². The number of esters is 1. The van der Waals surface area contributed by atoms with Crippen LogP contribution >= 0.6 is 0 Å². The fourth-order valence-electron chi connectivity index (χ4n) is 1.09. The van der Waals surface area contributed by atoms with Crippen LogP contribution in [0.1, 0.15) is 34.6 Å². The highest BCUT2D eigenvalue weighted by Gasteiger charge is 2.37. The molecule has 0 N–H and O–H groups in total. The number of ether oxygens (including phenoxy) is 1. The van der Waals surface area contributed by atoms with E-state index in [-0.39, 0.29) is 17.1 Å². The summed E-state index contributed by atoms with van der Waals surface area (Å²) in [6.07, 6.45) is 3.15.